The summed E-state index contributed by atoms with van der Waals surface area (Å²) in [4.78, 5) is 21.6. The van der Waals surface area contributed by atoms with Gasteiger partial charge < -0.3 is 10.4 Å². The molecule has 0 saturated heterocycles. The lowest BCUT2D eigenvalue weighted by Gasteiger charge is -1.98. The molecule has 0 fully saturated rings. The normalized spacial score (nSPS) is 9.93. The number of aromatic nitrogens is 2. The number of rotatable bonds is 5. The van der Waals surface area contributed by atoms with E-state index < -0.39 is 5.97 Å². The zero-order chi connectivity index (χ0) is 11.3. The molecule has 0 aromatic carbocycles. The summed E-state index contributed by atoms with van der Waals surface area (Å²) in [5.41, 5.74) is 0.308. The highest BCUT2D eigenvalue weighted by Gasteiger charge is 2.08. The molecule has 1 aromatic heterocycles. The number of carboxylic acids is 1. The van der Waals surface area contributed by atoms with E-state index in [0.29, 0.717) is 12.2 Å². The Balaban J connectivity index is 2.56. The number of nitrogens with one attached hydrogen (secondary N) is 1. The molecular weight excluding hydrogens is 198 g/mol. The molecule has 0 saturated carbocycles. The predicted molar refractivity (Wildman–Crippen MR) is 52.5 cm³/mol. The first-order valence-corrected chi connectivity index (χ1v) is 4.67. The lowest BCUT2D eigenvalue weighted by atomic mass is 10.4. The lowest BCUT2D eigenvalue weighted by Crippen LogP contribution is -2.23. The number of carbonyl (C=O) groups excluding carboxylic acids is 1. The molecule has 0 spiro atoms. The quantitative estimate of drug-likeness (QED) is 0.723. The molecule has 1 rings (SSSR count). The molecule has 1 amide bonds. The molecule has 1 aromatic rings. The van der Waals surface area contributed by atoms with E-state index in [1.165, 1.54) is 4.68 Å². The van der Waals surface area contributed by atoms with Crippen molar-refractivity contribution in [3.63, 3.8) is 0 Å². The van der Waals surface area contributed by atoms with Crippen molar-refractivity contribution in [2.24, 2.45) is 0 Å². The van der Waals surface area contributed by atoms with E-state index in [1.54, 1.807) is 12.3 Å². The smallest absolute Gasteiger partial charge is 0.305 e. The number of hydrogen-bond acceptors (Lipinski definition) is 3. The van der Waals surface area contributed by atoms with E-state index >= 15 is 0 Å². The molecule has 0 aliphatic rings. The maximum Gasteiger partial charge on any atom is 0.305 e. The number of amides is 1. The summed E-state index contributed by atoms with van der Waals surface area (Å²) < 4.78 is 1.44. The maximum atomic E-state index is 11.3. The Hall–Kier alpha value is -1.85. The van der Waals surface area contributed by atoms with Crippen LogP contribution in [0.2, 0.25) is 0 Å². The van der Waals surface area contributed by atoms with Crippen molar-refractivity contribution in [1.82, 2.24) is 15.1 Å². The van der Waals surface area contributed by atoms with Crippen LogP contribution in [0.1, 0.15) is 23.8 Å². The van der Waals surface area contributed by atoms with Crippen LogP contribution in [0.5, 0.6) is 0 Å². The zero-order valence-electron chi connectivity index (χ0n) is 8.43. The highest BCUT2D eigenvalue weighted by Crippen LogP contribution is 1.97. The molecule has 0 unspecified atom stereocenters. The van der Waals surface area contributed by atoms with E-state index in [0.717, 1.165) is 0 Å². The van der Waals surface area contributed by atoms with E-state index in [9.17, 15) is 9.59 Å². The van der Waals surface area contributed by atoms with Crippen molar-refractivity contribution in [2.75, 3.05) is 6.54 Å². The van der Waals surface area contributed by atoms with Gasteiger partial charge in [0.2, 0.25) is 0 Å². The summed E-state index contributed by atoms with van der Waals surface area (Å²) in [7, 11) is 0. The Morgan fingerprint density at radius 2 is 2.33 bits per heavy atom. The average molecular weight is 211 g/mol. The average Bonchev–Trinajstić information content (AvgIpc) is 2.63. The Labute approximate surface area is 86.9 Å². The molecule has 2 N–H and O–H groups in total. The highest BCUT2D eigenvalue weighted by atomic mass is 16.4. The van der Waals surface area contributed by atoms with Crippen LogP contribution in [0.3, 0.4) is 0 Å². The number of nitrogens with zero attached hydrogens (tertiary/aromatic N) is 2. The van der Waals surface area contributed by atoms with Gasteiger partial charge in [0.25, 0.3) is 5.91 Å². The maximum absolute atomic E-state index is 11.3. The van der Waals surface area contributed by atoms with Crippen LogP contribution in [0.15, 0.2) is 12.3 Å². The fourth-order valence-electron chi connectivity index (χ4n) is 1.07. The van der Waals surface area contributed by atoms with Crippen LogP contribution < -0.4 is 5.32 Å². The fraction of sp³-hybridized carbons (Fsp3) is 0.444. The van der Waals surface area contributed by atoms with Gasteiger partial charge in [-0.25, -0.2) is 0 Å². The van der Waals surface area contributed by atoms with Crippen molar-refractivity contribution < 1.29 is 14.7 Å². The second kappa shape index (κ2) is 5.14. The van der Waals surface area contributed by atoms with Gasteiger partial charge in [-0.05, 0) is 13.0 Å². The molecule has 0 aliphatic carbocycles. The van der Waals surface area contributed by atoms with E-state index in [2.05, 4.69) is 10.4 Å². The first-order valence-electron chi connectivity index (χ1n) is 4.67. The summed E-state index contributed by atoms with van der Waals surface area (Å²) in [5, 5.41) is 15.0. The summed E-state index contributed by atoms with van der Waals surface area (Å²) in [5.74, 6) is -1.13. The van der Waals surface area contributed by atoms with Gasteiger partial charge in [-0.3, -0.25) is 14.3 Å². The molecule has 0 aliphatic heterocycles. The van der Waals surface area contributed by atoms with Crippen molar-refractivity contribution >= 4 is 11.9 Å². The van der Waals surface area contributed by atoms with Gasteiger partial charge in [0.1, 0.15) is 5.69 Å². The number of carboxylic acid groups (broad SMARTS) is 1. The molecule has 15 heavy (non-hydrogen) atoms. The van der Waals surface area contributed by atoms with E-state index in [1.807, 2.05) is 6.92 Å². The number of carbonyl (C=O) groups is 2. The number of hydrogen-bond donors (Lipinski definition) is 2. The van der Waals surface area contributed by atoms with Crippen LogP contribution >= 0.6 is 0 Å². The molecule has 6 nitrogen and oxygen atoms in total. The third-order valence-corrected chi connectivity index (χ3v) is 1.77. The first kappa shape index (κ1) is 11.2. The van der Waals surface area contributed by atoms with Gasteiger partial charge in [0.05, 0.1) is 13.0 Å². The van der Waals surface area contributed by atoms with Gasteiger partial charge in [0, 0.05) is 12.7 Å². The van der Waals surface area contributed by atoms with Crippen LogP contribution in [0.4, 0.5) is 0 Å². The molecule has 6 heteroatoms. The molecule has 0 atom stereocenters. The summed E-state index contributed by atoms with van der Waals surface area (Å²) in [6.07, 6.45) is 1.59. The minimum atomic E-state index is -0.884. The number of aliphatic carboxylic acids is 1. The Morgan fingerprint density at radius 3 is 2.93 bits per heavy atom. The third-order valence-electron chi connectivity index (χ3n) is 1.77. The fourth-order valence-corrected chi connectivity index (χ4v) is 1.07. The van der Waals surface area contributed by atoms with Gasteiger partial charge in [-0.2, -0.15) is 5.10 Å². The van der Waals surface area contributed by atoms with Gasteiger partial charge in [-0.1, -0.05) is 0 Å². The van der Waals surface area contributed by atoms with E-state index in [4.69, 9.17) is 5.11 Å². The molecule has 0 bridgehead atoms. The SMILES string of the molecule is CCNC(=O)c1ccn(CCC(=O)O)n1. The number of aryl methyl sites for hydroxylation is 1. The minimum absolute atomic E-state index is 0.00346. The van der Waals surface area contributed by atoms with Crippen LogP contribution in [-0.2, 0) is 11.3 Å². The molecular formula is C9H13N3O3. The Kier molecular flexibility index (Phi) is 3.84. The molecule has 1 heterocycles. The monoisotopic (exact) mass is 211 g/mol. The van der Waals surface area contributed by atoms with Crippen molar-refractivity contribution in [2.45, 2.75) is 19.9 Å². The Morgan fingerprint density at radius 1 is 1.60 bits per heavy atom. The minimum Gasteiger partial charge on any atom is -0.481 e. The van der Waals surface area contributed by atoms with Crippen molar-refractivity contribution in [3.8, 4) is 0 Å². The second-order valence-electron chi connectivity index (χ2n) is 2.97. The van der Waals surface area contributed by atoms with Crippen LogP contribution in [0.25, 0.3) is 0 Å². The van der Waals surface area contributed by atoms with Crippen molar-refractivity contribution in [1.29, 1.82) is 0 Å². The van der Waals surface area contributed by atoms with Crippen LogP contribution in [-0.4, -0.2) is 33.3 Å². The van der Waals surface area contributed by atoms with E-state index in [-0.39, 0.29) is 18.9 Å². The highest BCUT2D eigenvalue weighted by molar-refractivity contribution is 5.92. The third kappa shape index (κ3) is 3.41. The zero-order valence-corrected chi connectivity index (χ0v) is 8.43. The summed E-state index contributed by atoms with van der Waals surface area (Å²) >= 11 is 0. The van der Waals surface area contributed by atoms with Gasteiger partial charge in [-0.15, -0.1) is 0 Å². The summed E-state index contributed by atoms with van der Waals surface area (Å²) in [6.45, 7) is 2.63. The molecule has 82 valence electrons. The second-order valence-corrected chi connectivity index (χ2v) is 2.97. The topological polar surface area (TPSA) is 84.2 Å². The van der Waals surface area contributed by atoms with Gasteiger partial charge >= 0.3 is 5.97 Å². The molecule has 0 radical (unpaired) electrons. The standard InChI is InChI=1S/C9H13N3O3/c1-2-10-9(15)7-3-5-12(11-7)6-4-8(13)14/h3,5H,2,4,6H2,1H3,(H,10,15)(H,13,14). The Bertz CT molecular complexity index is 359. The van der Waals surface area contributed by atoms with Crippen molar-refractivity contribution in [3.05, 3.63) is 18.0 Å². The van der Waals surface area contributed by atoms with Gasteiger partial charge in [0.15, 0.2) is 0 Å². The largest absolute Gasteiger partial charge is 0.481 e. The first-order chi connectivity index (χ1) is 7.13. The summed E-state index contributed by atoms with van der Waals surface area (Å²) in [6, 6.07) is 1.56. The van der Waals surface area contributed by atoms with Crippen LogP contribution in [0, 0.1) is 0 Å². The lowest BCUT2D eigenvalue weighted by molar-refractivity contribution is -0.137. The predicted octanol–water partition coefficient (Wildman–Crippen LogP) is 0.108.